The van der Waals surface area contributed by atoms with E-state index in [2.05, 4.69) is 24.4 Å². The van der Waals surface area contributed by atoms with Gasteiger partial charge in [0.25, 0.3) is 0 Å². The Morgan fingerprint density at radius 1 is 1.44 bits per heavy atom. The van der Waals surface area contributed by atoms with Crippen molar-refractivity contribution in [3.05, 3.63) is 40.9 Å². The Bertz CT molecular complexity index is 378. The third-order valence-corrected chi connectivity index (χ3v) is 2.77. The zero-order valence-corrected chi connectivity index (χ0v) is 10.1. The van der Waals surface area contributed by atoms with Gasteiger partial charge in [0.15, 0.2) is 0 Å². The van der Waals surface area contributed by atoms with Crippen LogP contribution in [0.1, 0.15) is 12.5 Å². The molecular formula is C13H16ClNO. The summed E-state index contributed by atoms with van der Waals surface area (Å²) in [5.74, 6) is 0. The van der Waals surface area contributed by atoms with Crippen molar-refractivity contribution in [3.8, 4) is 0 Å². The van der Waals surface area contributed by atoms with Crippen LogP contribution in [0.4, 0.5) is 0 Å². The molecule has 2 nitrogen and oxygen atoms in total. The van der Waals surface area contributed by atoms with Gasteiger partial charge in [-0.2, -0.15) is 0 Å². The van der Waals surface area contributed by atoms with Crippen LogP contribution in [0, 0.1) is 0 Å². The van der Waals surface area contributed by atoms with Crippen molar-refractivity contribution in [2.24, 2.45) is 0 Å². The van der Waals surface area contributed by atoms with Crippen LogP contribution in [-0.2, 0) is 4.74 Å². The molecule has 1 fully saturated rings. The zero-order valence-electron chi connectivity index (χ0n) is 9.32. The number of morpholine rings is 1. The van der Waals surface area contributed by atoms with Crippen LogP contribution in [0.25, 0.3) is 6.08 Å². The van der Waals surface area contributed by atoms with E-state index in [0.717, 1.165) is 23.8 Å². The fourth-order valence-electron chi connectivity index (χ4n) is 1.78. The fourth-order valence-corrected chi connectivity index (χ4v) is 1.98. The van der Waals surface area contributed by atoms with E-state index >= 15 is 0 Å². The van der Waals surface area contributed by atoms with E-state index in [-0.39, 0.29) is 0 Å². The third kappa shape index (κ3) is 3.34. The maximum absolute atomic E-state index is 5.92. The average molecular weight is 238 g/mol. The van der Waals surface area contributed by atoms with Gasteiger partial charge in [-0.25, -0.2) is 0 Å². The molecule has 2 atom stereocenters. The number of hydrogen-bond donors (Lipinski definition) is 1. The maximum Gasteiger partial charge on any atom is 0.0656 e. The predicted molar refractivity (Wildman–Crippen MR) is 67.7 cm³/mol. The number of nitrogens with one attached hydrogen (secondary N) is 1. The molecule has 1 N–H and O–H groups in total. The summed E-state index contributed by atoms with van der Waals surface area (Å²) in [4.78, 5) is 0. The summed E-state index contributed by atoms with van der Waals surface area (Å²) in [6.07, 6.45) is 4.20. The quantitative estimate of drug-likeness (QED) is 0.854. The zero-order chi connectivity index (χ0) is 11.4. The second kappa shape index (κ2) is 5.48. The minimum atomic E-state index is 0.294. The summed E-state index contributed by atoms with van der Waals surface area (Å²) < 4.78 is 5.47. The summed E-state index contributed by atoms with van der Waals surface area (Å²) in [6, 6.07) is 8.53. The van der Waals surface area contributed by atoms with Gasteiger partial charge >= 0.3 is 0 Å². The monoisotopic (exact) mass is 237 g/mol. The van der Waals surface area contributed by atoms with E-state index in [4.69, 9.17) is 16.3 Å². The van der Waals surface area contributed by atoms with Crippen LogP contribution < -0.4 is 5.32 Å². The van der Waals surface area contributed by atoms with E-state index < -0.39 is 0 Å². The first-order valence-electron chi connectivity index (χ1n) is 5.51. The third-order valence-electron chi connectivity index (χ3n) is 2.53. The van der Waals surface area contributed by atoms with Crippen molar-refractivity contribution >= 4 is 17.7 Å². The van der Waals surface area contributed by atoms with Crippen LogP contribution in [0.2, 0.25) is 5.02 Å². The van der Waals surface area contributed by atoms with Gasteiger partial charge in [-0.15, -0.1) is 0 Å². The second-order valence-corrected chi connectivity index (χ2v) is 4.56. The summed E-state index contributed by atoms with van der Waals surface area (Å²) in [6.45, 7) is 3.66. The van der Waals surface area contributed by atoms with Gasteiger partial charge in [0.05, 0.1) is 13.2 Å². The molecule has 0 aliphatic carbocycles. The van der Waals surface area contributed by atoms with Crippen LogP contribution >= 0.6 is 11.6 Å². The van der Waals surface area contributed by atoms with E-state index in [0.29, 0.717) is 12.1 Å². The van der Waals surface area contributed by atoms with Crippen molar-refractivity contribution < 1.29 is 4.74 Å². The molecule has 0 saturated carbocycles. The number of ether oxygens (including phenoxy) is 1. The SMILES string of the molecule is CC1COCC(/C=C/c2cccc(Cl)c2)N1. The van der Waals surface area contributed by atoms with Crippen LogP contribution in [-0.4, -0.2) is 25.3 Å². The summed E-state index contributed by atoms with van der Waals surface area (Å²) in [5.41, 5.74) is 1.12. The molecule has 1 aliphatic heterocycles. The highest BCUT2D eigenvalue weighted by Gasteiger charge is 2.15. The molecule has 1 aliphatic rings. The minimum absolute atomic E-state index is 0.294. The lowest BCUT2D eigenvalue weighted by atomic mass is 10.1. The molecule has 0 amide bonds. The van der Waals surface area contributed by atoms with Crippen molar-refractivity contribution in [1.82, 2.24) is 5.32 Å². The molecule has 86 valence electrons. The van der Waals surface area contributed by atoms with Crippen molar-refractivity contribution in [2.75, 3.05) is 13.2 Å². The van der Waals surface area contributed by atoms with Crippen LogP contribution in [0.3, 0.4) is 0 Å². The van der Waals surface area contributed by atoms with E-state index in [1.165, 1.54) is 0 Å². The summed E-state index contributed by atoms with van der Waals surface area (Å²) >= 11 is 5.92. The lowest BCUT2D eigenvalue weighted by Gasteiger charge is -2.26. The van der Waals surface area contributed by atoms with E-state index in [1.54, 1.807) is 0 Å². The Morgan fingerprint density at radius 2 is 2.31 bits per heavy atom. The Morgan fingerprint density at radius 3 is 3.06 bits per heavy atom. The van der Waals surface area contributed by atoms with Gasteiger partial charge in [0, 0.05) is 17.1 Å². The molecule has 1 heterocycles. The summed E-state index contributed by atoms with van der Waals surface area (Å²) in [7, 11) is 0. The second-order valence-electron chi connectivity index (χ2n) is 4.13. The molecular weight excluding hydrogens is 222 g/mol. The smallest absolute Gasteiger partial charge is 0.0656 e. The first-order chi connectivity index (χ1) is 7.74. The standard InChI is InChI=1S/C13H16ClNO/c1-10-8-16-9-13(15-10)6-5-11-3-2-4-12(14)7-11/h2-7,10,13,15H,8-9H2,1H3/b6-5+. The van der Waals surface area contributed by atoms with Crippen LogP contribution in [0.15, 0.2) is 30.3 Å². The predicted octanol–water partition coefficient (Wildman–Crippen LogP) is 2.73. The van der Waals surface area contributed by atoms with Gasteiger partial charge < -0.3 is 10.1 Å². The Hall–Kier alpha value is -0.830. The normalized spacial score (nSPS) is 26.1. The molecule has 0 radical (unpaired) electrons. The molecule has 0 aromatic heterocycles. The molecule has 16 heavy (non-hydrogen) atoms. The fraction of sp³-hybridized carbons (Fsp3) is 0.385. The average Bonchev–Trinajstić information content (AvgIpc) is 2.27. The molecule has 1 aromatic rings. The topological polar surface area (TPSA) is 21.3 Å². The first-order valence-corrected chi connectivity index (χ1v) is 5.89. The molecule has 2 unspecified atom stereocenters. The number of hydrogen-bond acceptors (Lipinski definition) is 2. The van der Waals surface area contributed by atoms with Crippen molar-refractivity contribution in [3.63, 3.8) is 0 Å². The van der Waals surface area contributed by atoms with Gasteiger partial charge in [-0.1, -0.05) is 35.9 Å². The first kappa shape index (κ1) is 11.6. The van der Waals surface area contributed by atoms with E-state index in [1.807, 2.05) is 24.3 Å². The number of benzene rings is 1. The lowest BCUT2D eigenvalue weighted by molar-refractivity contribution is 0.0637. The molecule has 0 spiro atoms. The number of rotatable bonds is 2. The van der Waals surface area contributed by atoms with Gasteiger partial charge in [0.2, 0.25) is 0 Å². The Balaban J connectivity index is 1.98. The largest absolute Gasteiger partial charge is 0.378 e. The van der Waals surface area contributed by atoms with Crippen molar-refractivity contribution in [1.29, 1.82) is 0 Å². The van der Waals surface area contributed by atoms with Gasteiger partial charge in [-0.05, 0) is 24.6 Å². The Labute approximate surface area is 101 Å². The van der Waals surface area contributed by atoms with Crippen molar-refractivity contribution in [2.45, 2.75) is 19.0 Å². The molecule has 0 bridgehead atoms. The molecule has 2 rings (SSSR count). The number of halogens is 1. The molecule has 3 heteroatoms. The highest BCUT2D eigenvalue weighted by atomic mass is 35.5. The Kier molecular flexibility index (Phi) is 3.99. The summed E-state index contributed by atoms with van der Waals surface area (Å²) in [5, 5.41) is 4.22. The molecule has 1 aromatic carbocycles. The maximum atomic E-state index is 5.92. The van der Waals surface area contributed by atoms with E-state index in [9.17, 15) is 0 Å². The van der Waals surface area contributed by atoms with Gasteiger partial charge in [0.1, 0.15) is 0 Å². The molecule has 1 saturated heterocycles. The van der Waals surface area contributed by atoms with Crippen LogP contribution in [0.5, 0.6) is 0 Å². The van der Waals surface area contributed by atoms with Gasteiger partial charge in [-0.3, -0.25) is 0 Å². The minimum Gasteiger partial charge on any atom is -0.378 e. The lowest BCUT2D eigenvalue weighted by Crippen LogP contribution is -2.46. The highest BCUT2D eigenvalue weighted by molar-refractivity contribution is 6.30. The highest BCUT2D eigenvalue weighted by Crippen LogP contribution is 2.12.